The van der Waals surface area contributed by atoms with Gasteiger partial charge in [0, 0.05) is 30.7 Å². The number of thiazole rings is 1. The number of amides is 2. The second-order valence-corrected chi connectivity index (χ2v) is 7.31. The third kappa shape index (κ3) is 4.47. The zero-order valence-electron chi connectivity index (χ0n) is 14.8. The van der Waals surface area contributed by atoms with Gasteiger partial charge in [0.15, 0.2) is 5.13 Å². The van der Waals surface area contributed by atoms with Crippen molar-refractivity contribution in [3.05, 3.63) is 46.5 Å². The molecule has 1 aromatic heterocycles. The quantitative estimate of drug-likeness (QED) is 0.731. The van der Waals surface area contributed by atoms with Crippen molar-refractivity contribution in [1.82, 2.24) is 10.3 Å². The fraction of sp³-hybridized carbons (Fsp3) is 0.421. The Bertz CT molecular complexity index is 761. The third-order valence-electron chi connectivity index (χ3n) is 4.35. The highest BCUT2D eigenvalue weighted by atomic mass is 32.1. The molecule has 0 aliphatic heterocycles. The fourth-order valence-corrected chi connectivity index (χ4v) is 4.10. The Balaban J connectivity index is 1.67. The molecular weight excluding hydrogens is 350 g/mol. The molecule has 2 aromatic rings. The summed E-state index contributed by atoms with van der Waals surface area (Å²) in [5, 5.41) is 6.38. The van der Waals surface area contributed by atoms with E-state index in [1.165, 1.54) is 11.3 Å². The number of carbonyl (C=O) groups is 2. The Hall–Kier alpha value is -2.25. The van der Waals surface area contributed by atoms with Gasteiger partial charge in [0.25, 0.3) is 5.91 Å². The number of carbonyl (C=O) groups excluding carboxylic acids is 2. The molecule has 1 aliphatic rings. The fourth-order valence-electron chi connectivity index (χ4n) is 3.04. The van der Waals surface area contributed by atoms with Crippen LogP contribution in [0.2, 0.25) is 0 Å². The smallest absolute Gasteiger partial charge is 0.257 e. The molecule has 7 heteroatoms. The normalized spacial score (nSPS) is 16.0. The van der Waals surface area contributed by atoms with Gasteiger partial charge in [-0.1, -0.05) is 18.2 Å². The van der Waals surface area contributed by atoms with E-state index in [0.29, 0.717) is 23.8 Å². The van der Waals surface area contributed by atoms with Crippen molar-refractivity contribution >= 4 is 28.3 Å². The van der Waals surface area contributed by atoms with E-state index in [4.69, 9.17) is 4.74 Å². The zero-order chi connectivity index (χ0) is 18.4. The van der Waals surface area contributed by atoms with Gasteiger partial charge in [-0.2, -0.15) is 0 Å². The molecule has 26 heavy (non-hydrogen) atoms. The molecule has 0 radical (unpaired) electrons. The average Bonchev–Trinajstić information content (AvgIpc) is 3.08. The van der Waals surface area contributed by atoms with Gasteiger partial charge in [-0.25, -0.2) is 4.98 Å². The van der Waals surface area contributed by atoms with Gasteiger partial charge >= 0.3 is 0 Å². The number of benzene rings is 1. The maximum Gasteiger partial charge on any atom is 0.257 e. The van der Waals surface area contributed by atoms with Crippen LogP contribution in [0.15, 0.2) is 30.3 Å². The lowest BCUT2D eigenvalue weighted by Crippen LogP contribution is -2.32. The summed E-state index contributed by atoms with van der Waals surface area (Å²) in [6.07, 6.45) is 3.44. The van der Waals surface area contributed by atoms with Gasteiger partial charge in [0.2, 0.25) is 5.91 Å². The van der Waals surface area contributed by atoms with Gasteiger partial charge in [-0.15, -0.1) is 11.3 Å². The Morgan fingerprint density at radius 3 is 2.88 bits per heavy atom. The summed E-state index contributed by atoms with van der Waals surface area (Å²) in [5.74, 6) is -0.412. The predicted molar refractivity (Wildman–Crippen MR) is 102 cm³/mol. The van der Waals surface area contributed by atoms with Crippen molar-refractivity contribution in [3.63, 3.8) is 0 Å². The summed E-state index contributed by atoms with van der Waals surface area (Å²) in [6, 6.07) is 9.05. The maximum atomic E-state index is 12.5. The Labute approximate surface area is 157 Å². The molecule has 1 heterocycles. The topological polar surface area (TPSA) is 80.3 Å². The minimum absolute atomic E-state index is 0.00767. The molecule has 138 valence electrons. The summed E-state index contributed by atoms with van der Waals surface area (Å²) in [6.45, 7) is 1.23. The van der Waals surface area contributed by atoms with E-state index in [0.717, 1.165) is 36.3 Å². The van der Waals surface area contributed by atoms with Crippen LogP contribution >= 0.6 is 11.3 Å². The molecule has 1 atom stereocenters. The molecule has 0 bridgehead atoms. The molecule has 1 aliphatic carbocycles. The molecule has 3 rings (SSSR count). The van der Waals surface area contributed by atoms with Crippen LogP contribution in [0.1, 0.15) is 46.1 Å². The first-order valence-electron chi connectivity index (χ1n) is 8.81. The number of hydrogen-bond donors (Lipinski definition) is 2. The monoisotopic (exact) mass is 373 g/mol. The molecule has 0 saturated carbocycles. The van der Waals surface area contributed by atoms with Crippen LogP contribution < -0.4 is 10.6 Å². The first-order valence-corrected chi connectivity index (χ1v) is 9.63. The lowest BCUT2D eigenvalue weighted by atomic mass is 9.90. The van der Waals surface area contributed by atoms with Crippen LogP contribution in [0.5, 0.6) is 0 Å². The highest BCUT2D eigenvalue weighted by Crippen LogP contribution is 2.36. The van der Waals surface area contributed by atoms with Crippen molar-refractivity contribution in [2.75, 3.05) is 25.6 Å². The minimum Gasteiger partial charge on any atom is -0.385 e. The maximum absolute atomic E-state index is 12.5. The van der Waals surface area contributed by atoms with Crippen LogP contribution in [0.4, 0.5) is 5.13 Å². The van der Waals surface area contributed by atoms with Crippen molar-refractivity contribution in [2.24, 2.45) is 0 Å². The van der Waals surface area contributed by atoms with Crippen LogP contribution in [0.3, 0.4) is 0 Å². The minimum atomic E-state index is -0.236. The molecule has 1 aromatic carbocycles. The number of fused-ring (bicyclic) bond motifs is 1. The number of methoxy groups -OCH3 is 1. The lowest BCUT2D eigenvalue weighted by Gasteiger charge is -2.20. The summed E-state index contributed by atoms with van der Waals surface area (Å²) >= 11 is 1.47. The zero-order valence-corrected chi connectivity index (χ0v) is 15.6. The predicted octanol–water partition coefficient (Wildman–Crippen LogP) is 2.97. The Morgan fingerprint density at radius 1 is 1.31 bits per heavy atom. The van der Waals surface area contributed by atoms with E-state index in [1.54, 1.807) is 19.2 Å². The molecule has 0 spiro atoms. The van der Waals surface area contributed by atoms with Gasteiger partial charge < -0.3 is 10.1 Å². The third-order valence-corrected chi connectivity index (χ3v) is 5.40. The Morgan fingerprint density at radius 2 is 2.12 bits per heavy atom. The van der Waals surface area contributed by atoms with E-state index in [2.05, 4.69) is 15.6 Å². The van der Waals surface area contributed by atoms with Crippen molar-refractivity contribution in [3.8, 4) is 0 Å². The van der Waals surface area contributed by atoms with E-state index in [-0.39, 0.29) is 17.7 Å². The number of nitrogens with zero attached hydrogens (tertiary/aromatic N) is 1. The standard InChI is InChI=1S/C19H23N3O3S/c1-25-12-6-11-20-18(24)14-9-5-10-15-16(14)21-19(26-15)22-17(23)13-7-3-2-4-8-13/h2-4,7-8,14H,5-6,9-12H2,1H3,(H,20,24)(H,21,22,23)/t14-/m0/s1. The molecule has 6 nitrogen and oxygen atoms in total. The molecule has 2 N–H and O–H groups in total. The van der Waals surface area contributed by atoms with Crippen molar-refractivity contribution < 1.29 is 14.3 Å². The number of hydrogen-bond acceptors (Lipinski definition) is 5. The van der Waals surface area contributed by atoms with Crippen LogP contribution in [0, 0.1) is 0 Å². The first kappa shape index (κ1) is 18.5. The van der Waals surface area contributed by atoms with Gasteiger partial charge in [0.05, 0.1) is 11.6 Å². The van der Waals surface area contributed by atoms with Gasteiger partial charge in [0.1, 0.15) is 0 Å². The van der Waals surface area contributed by atoms with E-state index >= 15 is 0 Å². The van der Waals surface area contributed by atoms with Crippen molar-refractivity contribution in [2.45, 2.75) is 31.6 Å². The summed E-state index contributed by atoms with van der Waals surface area (Å²) in [5.41, 5.74) is 1.40. The SMILES string of the molecule is COCCCNC(=O)[C@H]1CCCc2sc(NC(=O)c3ccccc3)nc21. The summed E-state index contributed by atoms with van der Waals surface area (Å²) < 4.78 is 5.00. The Kier molecular flexibility index (Phi) is 6.35. The number of aryl methyl sites for hydroxylation is 1. The second-order valence-electron chi connectivity index (χ2n) is 6.23. The van der Waals surface area contributed by atoms with Crippen LogP contribution in [-0.4, -0.2) is 37.1 Å². The van der Waals surface area contributed by atoms with E-state index in [1.807, 2.05) is 18.2 Å². The highest BCUT2D eigenvalue weighted by Gasteiger charge is 2.30. The largest absolute Gasteiger partial charge is 0.385 e. The number of ether oxygens (including phenoxy) is 1. The van der Waals surface area contributed by atoms with Crippen LogP contribution in [-0.2, 0) is 16.0 Å². The average molecular weight is 373 g/mol. The van der Waals surface area contributed by atoms with Crippen molar-refractivity contribution in [1.29, 1.82) is 0 Å². The van der Waals surface area contributed by atoms with E-state index < -0.39 is 0 Å². The molecular formula is C19H23N3O3S. The van der Waals surface area contributed by atoms with Crippen LogP contribution in [0.25, 0.3) is 0 Å². The first-order chi connectivity index (χ1) is 12.7. The number of anilines is 1. The van der Waals surface area contributed by atoms with E-state index in [9.17, 15) is 9.59 Å². The molecule has 0 fully saturated rings. The number of aromatic nitrogens is 1. The molecule has 0 saturated heterocycles. The number of nitrogens with one attached hydrogen (secondary N) is 2. The molecule has 2 amide bonds. The molecule has 0 unspecified atom stereocenters. The van der Waals surface area contributed by atoms with Gasteiger partial charge in [-0.05, 0) is 37.8 Å². The summed E-state index contributed by atoms with van der Waals surface area (Å²) in [4.78, 5) is 30.5. The lowest BCUT2D eigenvalue weighted by molar-refractivity contribution is -0.123. The second kappa shape index (κ2) is 8.91. The number of rotatable bonds is 7. The highest BCUT2D eigenvalue weighted by molar-refractivity contribution is 7.15. The summed E-state index contributed by atoms with van der Waals surface area (Å²) in [7, 11) is 1.65. The van der Waals surface area contributed by atoms with Gasteiger partial charge in [-0.3, -0.25) is 14.9 Å².